The highest BCUT2D eigenvalue weighted by Crippen LogP contribution is 2.22. The molecule has 0 saturated carbocycles. The number of nitrogens with zero attached hydrogens (tertiary/aromatic N) is 2. The van der Waals surface area contributed by atoms with Crippen molar-refractivity contribution in [3.63, 3.8) is 0 Å². The van der Waals surface area contributed by atoms with E-state index in [2.05, 4.69) is 0 Å². The molecule has 6 heteroatoms. The maximum Gasteiger partial charge on any atom is 0.246 e. The van der Waals surface area contributed by atoms with Crippen LogP contribution in [0.1, 0.15) is 16.7 Å². The first-order valence-corrected chi connectivity index (χ1v) is 10.4. The van der Waals surface area contributed by atoms with Gasteiger partial charge in [-0.15, -0.1) is 0 Å². The van der Waals surface area contributed by atoms with Crippen LogP contribution in [0.25, 0.3) is 6.08 Å². The van der Waals surface area contributed by atoms with Gasteiger partial charge in [0.25, 0.3) is 0 Å². The molecule has 0 atom stereocenters. The van der Waals surface area contributed by atoms with Crippen LogP contribution in [0.3, 0.4) is 0 Å². The Bertz CT molecular complexity index is 945. The van der Waals surface area contributed by atoms with Gasteiger partial charge in [-0.2, -0.15) is 4.31 Å². The van der Waals surface area contributed by atoms with Crippen molar-refractivity contribution in [2.45, 2.75) is 18.7 Å². The minimum absolute atomic E-state index is 0.0950. The van der Waals surface area contributed by atoms with Crippen molar-refractivity contribution >= 4 is 22.0 Å². The summed E-state index contributed by atoms with van der Waals surface area (Å²) in [6, 6.07) is 15.0. The van der Waals surface area contributed by atoms with Gasteiger partial charge >= 0.3 is 0 Å². The van der Waals surface area contributed by atoms with Gasteiger partial charge in [0.15, 0.2) is 0 Å². The molecule has 5 nitrogen and oxygen atoms in total. The van der Waals surface area contributed by atoms with Gasteiger partial charge < -0.3 is 4.90 Å². The molecule has 1 aliphatic rings. The van der Waals surface area contributed by atoms with Crippen molar-refractivity contribution in [2.75, 3.05) is 26.2 Å². The first-order valence-electron chi connectivity index (χ1n) is 8.97. The van der Waals surface area contributed by atoms with Crippen molar-refractivity contribution in [1.29, 1.82) is 0 Å². The number of amides is 1. The van der Waals surface area contributed by atoms with Crippen LogP contribution in [0.2, 0.25) is 0 Å². The zero-order valence-corrected chi connectivity index (χ0v) is 16.4. The fourth-order valence-corrected chi connectivity index (χ4v) is 4.84. The second-order valence-corrected chi connectivity index (χ2v) is 8.65. The van der Waals surface area contributed by atoms with E-state index in [0.29, 0.717) is 31.1 Å². The van der Waals surface area contributed by atoms with Crippen LogP contribution in [0, 0.1) is 13.8 Å². The Balaban J connectivity index is 1.64. The van der Waals surface area contributed by atoms with E-state index in [1.54, 1.807) is 23.1 Å². The first kappa shape index (κ1) is 19.3. The predicted octanol–water partition coefficient (Wildman–Crippen LogP) is 2.85. The summed E-state index contributed by atoms with van der Waals surface area (Å²) in [5.74, 6) is -0.0950. The summed E-state index contributed by atoms with van der Waals surface area (Å²) >= 11 is 0. The third-order valence-corrected chi connectivity index (χ3v) is 6.78. The molecule has 0 aromatic heterocycles. The lowest BCUT2D eigenvalue weighted by molar-refractivity contribution is -0.127. The fourth-order valence-electron chi connectivity index (χ4n) is 3.21. The van der Waals surface area contributed by atoms with E-state index < -0.39 is 10.0 Å². The Morgan fingerprint density at radius 1 is 0.963 bits per heavy atom. The summed E-state index contributed by atoms with van der Waals surface area (Å²) in [6.45, 7) is 5.15. The Hall–Kier alpha value is -2.44. The summed E-state index contributed by atoms with van der Waals surface area (Å²) in [6.07, 6.45) is 3.32. The monoisotopic (exact) mass is 384 g/mol. The standard InChI is InChI=1S/C21H24N2O3S/c1-17-8-10-20(18(2)16-17)27(25,26)23-14-12-22(13-15-23)21(24)11-9-19-6-4-3-5-7-19/h3-11,16H,12-15H2,1-2H3/b11-9-. The minimum Gasteiger partial charge on any atom is -0.337 e. The molecule has 27 heavy (non-hydrogen) atoms. The summed E-state index contributed by atoms with van der Waals surface area (Å²) in [4.78, 5) is 14.4. The smallest absolute Gasteiger partial charge is 0.246 e. The molecular formula is C21H24N2O3S. The summed E-state index contributed by atoms with van der Waals surface area (Å²) < 4.78 is 27.3. The molecule has 1 aliphatic heterocycles. The number of aryl methyl sites for hydroxylation is 2. The van der Waals surface area contributed by atoms with Crippen LogP contribution in [-0.4, -0.2) is 49.7 Å². The molecule has 142 valence electrons. The number of rotatable bonds is 4. The highest BCUT2D eigenvalue weighted by atomic mass is 32.2. The number of benzene rings is 2. The quantitative estimate of drug-likeness (QED) is 0.762. The summed E-state index contributed by atoms with van der Waals surface area (Å²) in [5.41, 5.74) is 2.74. The summed E-state index contributed by atoms with van der Waals surface area (Å²) in [7, 11) is -3.54. The van der Waals surface area contributed by atoms with Crippen molar-refractivity contribution < 1.29 is 13.2 Å². The topological polar surface area (TPSA) is 57.7 Å². The molecular weight excluding hydrogens is 360 g/mol. The average Bonchev–Trinajstić information content (AvgIpc) is 2.66. The molecule has 1 fully saturated rings. The van der Waals surface area contributed by atoms with E-state index >= 15 is 0 Å². The van der Waals surface area contributed by atoms with E-state index in [1.807, 2.05) is 56.3 Å². The van der Waals surface area contributed by atoms with Crippen LogP contribution >= 0.6 is 0 Å². The number of hydrogen-bond donors (Lipinski definition) is 0. The van der Waals surface area contributed by atoms with Gasteiger partial charge in [0.05, 0.1) is 4.90 Å². The molecule has 1 amide bonds. The van der Waals surface area contributed by atoms with Crippen LogP contribution in [0.5, 0.6) is 0 Å². The molecule has 0 spiro atoms. The van der Waals surface area contributed by atoms with Crippen LogP contribution in [0.4, 0.5) is 0 Å². The van der Waals surface area contributed by atoms with Crippen LogP contribution in [-0.2, 0) is 14.8 Å². The van der Waals surface area contributed by atoms with E-state index in [-0.39, 0.29) is 5.91 Å². The third-order valence-electron chi connectivity index (χ3n) is 4.72. The number of sulfonamides is 1. The van der Waals surface area contributed by atoms with Gasteiger partial charge in [-0.25, -0.2) is 8.42 Å². The van der Waals surface area contributed by atoms with E-state index in [4.69, 9.17) is 0 Å². The van der Waals surface area contributed by atoms with Gasteiger partial charge in [0.2, 0.25) is 15.9 Å². The molecule has 0 bridgehead atoms. The van der Waals surface area contributed by atoms with Crippen molar-refractivity contribution in [1.82, 2.24) is 9.21 Å². The SMILES string of the molecule is Cc1ccc(S(=O)(=O)N2CCN(C(=O)/C=C\c3ccccc3)CC2)c(C)c1. The summed E-state index contributed by atoms with van der Waals surface area (Å²) in [5, 5.41) is 0. The van der Waals surface area contributed by atoms with E-state index in [0.717, 1.165) is 16.7 Å². The lowest BCUT2D eigenvalue weighted by atomic mass is 10.2. The Kier molecular flexibility index (Phi) is 5.77. The first-order chi connectivity index (χ1) is 12.9. The molecule has 1 heterocycles. The minimum atomic E-state index is -3.54. The average molecular weight is 385 g/mol. The Morgan fingerprint density at radius 3 is 2.26 bits per heavy atom. The number of hydrogen-bond acceptors (Lipinski definition) is 3. The largest absolute Gasteiger partial charge is 0.337 e. The Labute approximate surface area is 161 Å². The second kappa shape index (κ2) is 8.06. The molecule has 2 aromatic rings. The zero-order valence-electron chi connectivity index (χ0n) is 15.6. The maximum atomic E-state index is 12.9. The normalized spacial score (nSPS) is 16.0. The van der Waals surface area contributed by atoms with Gasteiger partial charge in [-0.05, 0) is 37.1 Å². The van der Waals surface area contributed by atoms with Gasteiger partial charge in [0.1, 0.15) is 0 Å². The number of carbonyl (C=O) groups excluding carboxylic acids is 1. The molecule has 2 aromatic carbocycles. The van der Waals surface area contributed by atoms with Crippen LogP contribution < -0.4 is 0 Å². The van der Waals surface area contributed by atoms with Gasteiger partial charge in [-0.3, -0.25) is 4.79 Å². The number of carbonyl (C=O) groups is 1. The molecule has 1 saturated heterocycles. The Morgan fingerprint density at radius 2 is 1.63 bits per heavy atom. The number of piperazine rings is 1. The second-order valence-electron chi connectivity index (χ2n) is 6.74. The highest BCUT2D eigenvalue weighted by molar-refractivity contribution is 7.89. The molecule has 0 unspecified atom stereocenters. The fraction of sp³-hybridized carbons (Fsp3) is 0.286. The van der Waals surface area contributed by atoms with E-state index in [9.17, 15) is 13.2 Å². The maximum absolute atomic E-state index is 12.9. The molecule has 0 aliphatic carbocycles. The molecule has 0 radical (unpaired) electrons. The zero-order chi connectivity index (χ0) is 19.4. The third kappa shape index (κ3) is 4.46. The van der Waals surface area contributed by atoms with E-state index in [1.165, 1.54) is 4.31 Å². The van der Waals surface area contributed by atoms with Gasteiger partial charge in [-0.1, -0.05) is 48.0 Å². The lowest BCUT2D eigenvalue weighted by Crippen LogP contribution is -2.50. The van der Waals surface area contributed by atoms with Crippen molar-refractivity contribution in [3.8, 4) is 0 Å². The predicted molar refractivity (Wildman–Crippen MR) is 107 cm³/mol. The van der Waals surface area contributed by atoms with Gasteiger partial charge in [0, 0.05) is 32.3 Å². The highest BCUT2D eigenvalue weighted by Gasteiger charge is 2.30. The van der Waals surface area contributed by atoms with Crippen LogP contribution in [0.15, 0.2) is 59.5 Å². The molecule has 0 N–H and O–H groups in total. The van der Waals surface area contributed by atoms with Crippen molar-refractivity contribution in [3.05, 3.63) is 71.3 Å². The van der Waals surface area contributed by atoms with Crippen molar-refractivity contribution in [2.24, 2.45) is 0 Å². The molecule has 3 rings (SSSR count). The lowest BCUT2D eigenvalue weighted by Gasteiger charge is -2.33.